The molecule has 0 bridgehead atoms. The summed E-state index contributed by atoms with van der Waals surface area (Å²) in [7, 11) is 7.21. The Hall–Kier alpha value is -1.01. The van der Waals surface area contributed by atoms with Gasteiger partial charge in [-0.05, 0) is 25.7 Å². The summed E-state index contributed by atoms with van der Waals surface area (Å²) in [5.74, 6) is 1.20. The van der Waals surface area contributed by atoms with Gasteiger partial charge < -0.3 is 19.5 Å². The summed E-state index contributed by atoms with van der Waals surface area (Å²) >= 11 is 6.55. The topological polar surface area (TPSA) is 43.0 Å². The van der Waals surface area contributed by atoms with Gasteiger partial charge in [-0.2, -0.15) is 0 Å². The number of nitrogens with one attached hydrogen (secondary N) is 1. The van der Waals surface area contributed by atoms with Gasteiger partial charge in [0.2, 0.25) is 0 Å². The molecule has 21 heavy (non-hydrogen) atoms. The third-order valence-corrected chi connectivity index (χ3v) is 4.23. The highest BCUT2D eigenvalue weighted by molar-refractivity contribution is 6.33. The molecule has 2 unspecified atom stereocenters. The van der Waals surface area contributed by atoms with Crippen LogP contribution in [0.4, 0.5) is 0 Å². The number of hydrogen-bond acceptors (Lipinski definition) is 5. The van der Waals surface area contributed by atoms with E-state index in [9.17, 15) is 0 Å². The summed E-state index contributed by atoms with van der Waals surface area (Å²) in [4.78, 5) is 2.26. The van der Waals surface area contributed by atoms with E-state index >= 15 is 0 Å². The second-order valence-corrected chi connectivity index (χ2v) is 5.47. The Morgan fingerprint density at radius 3 is 2.76 bits per heavy atom. The van der Waals surface area contributed by atoms with Gasteiger partial charge >= 0.3 is 0 Å². The first kappa shape index (κ1) is 16.4. The smallest absolute Gasteiger partial charge is 0.179 e. The number of hydrogen-bond donors (Lipinski definition) is 1. The summed E-state index contributed by atoms with van der Waals surface area (Å²) in [6.07, 6.45) is 0.0457. The van der Waals surface area contributed by atoms with E-state index in [1.54, 1.807) is 14.2 Å². The molecule has 5 nitrogen and oxygen atoms in total. The molecule has 0 saturated carbocycles. The van der Waals surface area contributed by atoms with Gasteiger partial charge in [0.25, 0.3) is 0 Å². The molecule has 1 fully saturated rings. The minimum absolute atomic E-state index is 0.0457. The van der Waals surface area contributed by atoms with Crippen LogP contribution in [0.5, 0.6) is 11.5 Å². The fourth-order valence-corrected chi connectivity index (χ4v) is 3.15. The zero-order valence-corrected chi connectivity index (χ0v) is 13.7. The minimum atomic E-state index is 0.0457. The van der Waals surface area contributed by atoms with Crippen LogP contribution in [0.25, 0.3) is 0 Å². The average Bonchev–Trinajstić information content (AvgIpc) is 2.48. The van der Waals surface area contributed by atoms with Gasteiger partial charge in [-0.15, -0.1) is 0 Å². The number of likely N-dealkylation sites (N-methyl/N-ethyl adjacent to an activating group) is 2. The van der Waals surface area contributed by atoms with Crippen LogP contribution in [0, 0.1) is 0 Å². The third-order valence-electron chi connectivity index (χ3n) is 3.84. The summed E-state index contributed by atoms with van der Waals surface area (Å²) in [6, 6.07) is 3.96. The lowest BCUT2D eigenvalue weighted by atomic mass is 9.97. The first-order chi connectivity index (χ1) is 10.1. The van der Waals surface area contributed by atoms with Crippen molar-refractivity contribution in [1.82, 2.24) is 10.2 Å². The van der Waals surface area contributed by atoms with Crippen LogP contribution in [0.1, 0.15) is 11.6 Å². The van der Waals surface area contributed by atoms with E-state index < -0.39 is 0 Å². The Labute approximate surface area is 131 Å². The number of methoxy groups -OCH3 is 2. The number of benzene rings is 1. The first-order valence-corrected chi connectivity index (χ1v) is 7.38. The van der Waals surface area contributed by atoms with E-state index in [-0.39, 0.29) is 12.1 Å². The lowest BCUT2D eigenvalue weighted by molar-refractivity contribution is -0.0606. The van der Waals surface area contributed by atoms with Crippen LogP contribution in [0.3, 0.4) is 0 Å². The van der Waals surface area contributed by atoms with E-state index in [0.29, 0.717) is 16.5 Å². The molecule has 1 aliphatic heterocycles. The fourth-order valence-electron chi connectivity index (χ4n) is 2.80. The monoisotopic (exact) mass is 314 g/mol. The lowest BCUT2D eigenvalue weighted by Gasteiger charge is -2.40. The van der Waals surface area contributed by atoms with E-state index in [2.05, 4.69) is 17.3 Å². The van der Waals surface area contributed by atoms with Crippen LogP contribution in [0.15, 0.2) is 12.1 Å². The molecule has 1 aromatic carbocycles. The molecule has 0 radical (unpaired) electrons. The molecule has 0 spiro atoms. The Balaban J connectivity index is 2.42. The fraction of sp³-hybridized carbons (Fsp3) is 0.600. The molecule has 2 rings (SSSR count). The molecule has 2 atom stereocenters. The molecule has 118 valence electrons. The largest absolute Gasteiger partial charge is 0.493 e. The van der Waals surface area contributed by atoms with E-state index in [0.717, 1.165) is 25.3 Å². The molecule has 1 saturated heterocycles. The standard InChI is InChI=1S/C15H23ClN2O3/c1-17-9-12-14(18(2)7-8-21-12)10-5-6-11(19-3)15(20-4)13(10)16/h5-6,12,14,17H,7-9H2,1-4H3. The van der Waals surface area contributed by atoms with Crippen molar-refractivity contribution in [3.05, 3.63) is 22.7 Å². The molecule has 1 aliphatic rings. The molecule has 6 heteroatoms. The van der Waals surface area contributed by atoms with Gasteiger partial charge in [0.15, 0.2) is 11.5 Å². The highest BCUT2D eigenvalue weighted by Gasteiger charge is 2.33. The SMILES string of the molecule is CNCC1OCCN(C)C1c1ccc(OC)c(OC)c1Cl. The van der Waals surface area contributed by atoms with Crippen LogP contribution in [-0.4, -0.2) is 59.0 Å². The molecule has 1 aromatic rings. The molecule has 0 aliphatic carbocycles. The van der Waals surface area contributed by atoms with Crippen LogP contribution >= 0.6 is 11.6 Å². The molecule has 0 amide bonds. The summed E-state index contributed by atoms with van der Waals surface area (Å²) < 4.78 is 16.6. The first-order valence-electron chi connectivity index (χ1n) is 7.00. The van der Waals surface area contributed by atoms with Crippen molar-refractivity contribution in [1.29, 1.82) is 0 Å². The normalized spacial score (nSPS) is 23.1. The summed E-state index contributed by atoms with van der Waals surface area (Å²) in [5, 5.41) is 3.76. The molecular formula is C15H23ClN2O3. The molecule has 1 heterocycles. The molecule has 1 N–H and O–H groups in total. The maximum absolute atomic E-state index is 6.55. The Bertz CT molecular complexity index is 482. The van der Waals surface area contributed by atoms with Crippen molar-refractivity contribution < 1.29 is 14.2 Å². The van der Waals surface area contributed by atoms with Crippen LogP contribution < -0.4 is 14.8 Å². The van der Waals surface area contributed by atoms with E-state index in [1.807, 2.05) is 19.2 Å². The molecule has 0 aromatic heterocycles. The second-order valence-electron chi connectivity index (χ2n) is 5.10. The van der Waals surface area contributed by atoms with Crippen molar-refractivity contribution >= 4 is 11.6 Å². The van der Waals surface area contributed by atoms with Gasteiger partial charge in [0, 0.05) is 13.1 Å². The Kier molecular flexibility index (Phi) is 5.70. The van der Waals surface area contributed by atoms with Crippen LogP contribution in [0.2, 0.25) is 5.02 Å². The van der Waals surface area contributed by atoms with Crippen molar-refractivity contribution in [3.63, 3.8) is 0 Å². The zero-order valence-electron chi connectivity index (χ0n) is 13.0. The Morgan fingerprint density at radius 1 is 1.38 bits per heavy atom. The van der Waals surface area contributed by atoms with Gasteiger partial charge in [0.1, 0.15) is 0 Å². The number of morpholine rings is 1. The Morgan fingerprint density at radius 2 is 2.14 bits per heavy atom. The maximum atomic E-state index is 6.55. The van der Waals surface area contributed by atoms with Gasteiger partial charge in [-0.25, -0.2) is 0 Å². The van der Waals surface area contributed by atoms with Crippen LogP contribution in [-0.2, 0) is 4.74 Å². The van der Waals surface area contributed by atoms with Gasteiger partial charge in [-0.1, -0.05) is 17.7 Å². The third kappa shape index (κ3) is 3.26. The van der Waals surface area contributed by atoms with Crippen molar-refractivity contribution in [2.45, 2.75) is 12.1 Å². The summed E-state index contributed by atoms with van der Waals surface area (Å²) in [5.41, 5.74) is 0.997. The number of ether oxygens (including phenoxy) is 3. The highest BCUT2D eigenvalue weighted by Crippen LogP contribution is 2.42. The van der Waals surface area contributed by atoms with Crippen molar-refractivity contribution in [2.75, 3.05) is 48.0 Å². The number of rotatable bonds is 5. The molecular weight excluding hydrogens is 292 g/mol. The zero-order chi connectivity index (χ0) is 15.4. The van der Waals surface area contributed by atoms with Crippen molar-refractivity contribution in [3.8, 4) is 11.5 Å². The van der Waals surface area contributed by atoms with Crippen molar-refractivity contribution in [2.24, 2.45) is 0 Å². The number of halogens is 1. The second kappa shape index (κ2) is 7.31. The van der Waals surface area contributed by atoms with E-state index in [1.165, 1.54) is 0 Å². The number of nitrogens with zero attached hydrogens (tertiary/aromatic N) is 1. The van der Waals surface area contributed by atoms with Gasteiger partial charge in [0.05, 0.1) is 38.0 Å². The van der Waals surface area contributed by atoms with Gasteiger partial charge in [-0.3, -0.25) is 4.90 Å². The maximum Gasteiger partial charge on any atom is 0.179 e. The predicted octanol–water partition coefficient (Wildman–Crippen LogP) is 1.95. The quantitative estimate of drug-likeness (QED) is 0.900. The lowest BCUT2D eigenvalue weighted by Crippen LogP contribution is -2.47. The highest BCUT2D eigenvalue weighted by atomic mass is 35.5. The average molecular weight is 315 g/mol. The summed E-state index contributed by atoms with van der Waals surface area (Å²) in [6.45, 7) is 2.36. The minimum Gasteiger partial charge on any atom is -0.493 e. The van der Waals surface area contributed by atoms with E-state index in [4.69, 9.17) is 25.8 Å². The predicted molar refractivity (Wildman–Crippen MR) is 83.6 cm³/mol.